The van der Waals surface area contributed by atoms with Gasteiger partial charge in [-0.3, -0.25) is 0 Å². The lowest BCUT2D eigenvalue weighted by molar-refractivity contribution is 0.108. The van der Waals surface area contributed by atoms with Crippen molar-refractivity contribution in [3.05, 3.63) is 66.2 Å². The molecule has 0 fully saturated rings. The van der Waals surface area contributed by atoms with Crippen LogP contribution in [-0.2, 0) is 0 Å². The molecule has 2 nitrogen and oxygen atoms in total. The van der Waals surface area contributed by atoms with Crippen LogP contribution in [0, 0.1) is 6.07 Å². The third-order valence-electron chi connectivity index (χ3n) is 2.27. The fourth-order valence-electron chi connectivity index (χ4n) is 1.41. The summed E-state index contributed by atoms with van der Waals surface area (Å²) in [7, 11) is 0. The number of aliphatic hydroxyl groups is 1. The van der Waals surface area contributed by atoms with Crippen molar-refractivity contribution in [1.29, 1.82) is 0 Å². The van der Waals surface area contributed by atoms with Crippen LogP contribution >= 0.6 is 0 Å². The van der Waals surface area contributed by atoms with Crippen LogP contribution in [0.5, 0.6) is 5.75 Å². The van der Waals surface area contributed by atoms with Crippen LogP contribution in [0.15, 0.2) is 54.6 Å². The molecule has 0 aliphatic heterocycles. The number of hydrogen-bond acceptors (Lipinski definition) is 2. The predicted molar refractivity (Wildman–Crippen MR) is 62.2 cm³/mol. The Hall–Kier alpha value is -1.80. The van der Waals surface area contributed by atoms with Gasteiger partial charge in [-0.2, -0.15) is 0 Å². The summed E-state index contributed by atoms with van der Waals surface area (Å²) >= 11 is 0. The normalized spacial score (nSPS) is 12.1. The largest absolute Gasteiger partial charge is 0.491 e. The first-order chi connectivity index (χ1) is 7.86. The van der Waals surface area contributed by atoms with Crippen LogP contribution in [-0.4, -0.2) is 11.7 Å². The second-order valence-electron chi connectivity index (χ2n) is 3.48. The van der Waals surface area contributed by atoms with Gasteiger partial charge in [0.25, 0.3) is 0 Å². The van der Waals surface area contributed by atoms with Gasteiger partial charge in [0.1, 0.15) is 18.5 Å². The summed E-state index contributed by atoms with van der Waals surface area (Å²) in [5.74, 6) is 0.720. The Morgan fingerprint density at radius 3 is 2.62 bits per heavy atom. The van der Waals surface area contributed by atoms with Crippen molar-refractivity contribution < 1.29 is 9.84 Å². The molecule has 0 amide bonds. The molecule has 0 saturated carbocycles. The predicted octanol–water partition coefficient (Wildman–Crippen LogP) is 2.60. The summed E-state index contributed by atoms with van der Waals surface area (Å²) in [6.45, 7) is 0.252. The first kappa shape index (κ1) is 10.7. The average molecular weight is 213 g/mol. The summed E-state index contributed by atoms with van der Waals surface area (Å²) in [6, 6.07) is 19.6. The van der Waals surface area contributed by atoms with E-state index in [1.54, 1.807) is 12.1 Å². The van der Waals surface area contributed by atoms with Gasteiger partial charge in [0.05, 0.1) is 0 Å². The van der Waals surface area contributed by atoms with E-state index in [9.17, 15) is 5.11 Å². The Labute approximate surface area is 95.1 Å². The van der Waals surface area contributed by atoms with E-state index in [2.05, 4.69) is 6.07 Å². The van der Waals surface area contributed by atoms with Crippen molar-refractivity contribution in [2.45, 2.75) is 6.10 Å². The summed E-state index contributed by atoms with van der Waals surface area (Å²) in [5.41, 5.74) is 0.863. The van der Waals surface area contributed by atoms with Gasteiger partial charge in [-0.05, 0) is 23.8 Å². The number of ether oxygens (including phenoxy) is 1. The summed E-state index contributed by atoms with van der Waals surface area (Å²) < 4.78 is 5.44. The summed E-state index contributed by atoms with van der Waals surface area (Å²) in [4.78, 5) is 0. The van der Waals surface area contributed by atoms with Crippen molar-refractivity contribution in [2.24, 2.45) is 0 Å². The maximum atomic E-state index is 9.85. The molecule has 16 heavy (non-hydrogen) atoms. The van der Waals surface area contributed by atoms with E-state index in [1.807, 2.05) is 42.5 Å². The van der Waals surface area contributed by atoms with Crippen molar-refractivity contribution in [2.75, 3.05) is 6.61 Å². The molecule has 2 aromatic rings. The van der Waals surface area contributed by atoms with E-state index in [4.69, 9.17) is 4.74 Å². The van der Waals surface area contributed by atoms with Gasteiger partial charge in [-0.1, -0.05) is 42.5 Å². The smallest absolute Gasteiger partial charge is 0.120 e. The minimum Gasteiger partial charge on any atom is -0.491 e. The molecule has 1 atom stereocenters. The third kappa shape index (κ3) is 2.84. The molecule has 1 unspecified atom stereocenters. The second kappa shape index (κ2) is 5.33. The second-order valence-corrected chi connectivity index (χ2v) is 3.48. The molecule has 0 heterocycles. The third-order valence-corrected chi connectivity index (χ3v) is 2.27. The molecule has 2 rings (SSSR count). The molecule has 1 radical (unpaired) electrons. The van der Waals surface area contributed by atoms with Crippen molar-refractivity contribution in [3.8, 4) is 5.75 Å². The SMILES string of the molecule is OC(COc1c[c]ccc1)c1ccccc1. The fourth-order valence-corrected chi connectivity index (χ4v) is 1.41. The van der Waals surface area contributed by atoms with Gasteiger partial charge in [0.15, 0.2) is 0 Å². The molecule has 0 saturated heterocycles. The van der Waals surface area contributed by atoms with Gasteiger partial charge in [0, 0.05) is 0 Å². The van der Waals surface area contributed by atoms with Gasteiger partial charge in [-0.25, -0.2) is 0 Å². The summed E-state index contributed by atoms with van der Waals surface area (Å²) in [6.07, 6.45) is -0.596. The highest BCUT2D eigenvalue weighted by Gasteiger charge is 2.07. The van der Waals surface area contributed by atoms with Crippen molar-refractivity contribution >= 4 is 0 Å². The number of hydrogen-bond donors (Lipinski definition) is 1. The molecule has 0 bridgehead atoms. The minimum atomic E-state index is -0.596. The zero-order valence-corrected chi connectivity index (χ0v) is 8.84. The molecule has 0 aromatic heterocycles. The lowest BCUT2D eigenvalue weighted by atomic mass is 10.1. The topological polar surface area (TPSA) is 29.5 Å². The van der Waals surface area contributed by atoms with E-state index >= 15 is 0 Å². The molecule has 0 spiro atoms. The zero-order valence-electron chi connectivity index (χ0n) is 8.84. The number of aliphatic hydroxyl groups excluding tert-OH is 1. The first-order valence-corrected chi connectivity index (χ1v) is 5.18. The monoisotopic (exact) mass is 213 g/mol. The number of rotatable bonds is 4. The first-order valence-electron chi connectivity index (χ1n) is 5.18. The highest BCUT2D eigenvalue weighted by molar-refractivity contribution is 5.21. The molecule has 81 valence electrons. The standard InChI is InChI=1S/C14H13O2/c15-14(12-7-3-1-4-8-12)11-16-13-9-5-2-6-10-13/h1-5,7-10,14-15H,11H2. The van der Waals surface area contributed by atoms with Crippen molar-refractivity contribution in [3.63, 3.8) is 0 Å². The molecule has 2 aromatic carbocycles. The average Bonchev–Trinajstić information content (AvgIpc) is 2.38. The van der Waals surface area contributed by atoms with Crippen LogP contribution in [0.3, 0.4) is 0 Å². The Morgan fingerprint density at radius 2 is 1.94 bits per heavy atom. The lowest BCUT2D eigenvalue weighted by Crippen LogP contribution is -2.09. The Kier molecular flexibility index (Phi) is 3.57. The fraction of sp³-hybridized carbons (Fsp3) is 0.143. The van der Waals surface area contributed by atoms with E-state index in [1.165, 1.54) is 0 Å². The molecular formula is C14H13O2. The quantitative estimate of drug-likeness (QED) is 0.845. The minimum absolute atomic E-state index is 0.252. The lowest BCUT2D eigenvalue weighted by Gasteiger charge is -2.12. The highest BCUT2D eigenvalue weighted by Crippen LogP contribution is 2.15. The van der Waals surface area contributed by atoms with Gasteiger partial charge in [-0.15, -0.1) is 0 Å². The van der Waals surface area contributed by atoms with E-state index in [-0.39, 0.29) is 6.61 Å². The zero-order chi connectivity index (χ0) is 11.2. The van der Waals surface area contributed by atoms with Crippen LogP contribution in [0.25, 0.3) is 0 Å². The maximum Gasteiger partial charge on any atom is 0.120 e. The van der Waals surface area contributed by atoms with Gasteiger partial charge in [0.2, 0.25) is 0 Å². The number of benzene rings is 2. The van der Waals surface area contributed by atoms with Crippen LogP contribution in [0.4, 0.5) is 0 Å². The van der Waals surface area contributed by atoms with Crippen LogP contribution < -0.4 is 4.74 Å². The molecule has 0 aliphatic carbocycles. The van der Waals surface area contributed by atoms with Gasteiger partial charge >= 0.3 is 0 Å². The Balaban J connectivity index is 1.92. The highest BCUT2D eigenvalue weighted by atomic mass is 16.5. The van der Waals surface area contributed by atoms with Crippen LogP contribution in [0.2, 0.25) is 0 Å². The Morgan fingerprint density at radius 1 is 1.12 bits per heavy atom. The van der Waals surface area contributed by atoms with E-state index in [0.29, 0.717) is 0 Å². The molecule has 0 aliphatic rings. The van der Waals surface area contributed by atoms with E-state index in [0.717, 1.165) is 11.3 Å². The van der Waals surface area contributed by atoms with Gasteiger partial charge < -0.3 is 9.84 Å². The van der Waals surface area contributed by atoms with Crippen LogP contribution in [0.1, 0.15) is 11.7 Å². The van der Waals surface area contributed by atoms with E-state index < -0.39 is 6.10 Å². The Bertz CT molecular complexity index is 411. The van der Waals surface area contributed by atoms with Crippen molar-refractivity contribution in [1.82, 2.24) is 0 Å². The molecule has 1 N–H and O–H groups in total. The maximum absolute atomic E-state index is 9.85. The molecular weight excluding hydrogens is 200 g/mol. The summed E-state index contributed by atoms with van der Waals surface area (Å²) in [5, 5.41) is 9.85. The molecule has 2 heteroatoms.